The minimum Gasteiger partial charge on any atom is -0.493 e. The predicted octanol–water partition coefficient (Wildman–Crippen LogP) is 3.19. The highest BCUT2D eigenvalue weighted by Gasteiger charge is 2.29. The molecule has 0 spiro atoms. The summed E-state index contributed by atoms with van der Waals surface area (Å²) in [6, 6.07) is 3.54. The summed E-state index contributed by atoms with van der Waals surface area (Å²) in [4.78, 5) is 10.4. The van der Waals surface area contributed by atoms with Crippen LogP contribution in [0.2, 0.25) is 0 Å². The van der Waals surface area contributed by atoms with Crippen molar-refractivity contribution in [1.29, 1.82) is 0 Å². The second-order valence-corrected chi connectivity index (χ2v) is 5.14. The van der Waals surface area contributed by atoms with Gasteiger partial charge in [0.25, 0.3) is 0 Å². The van der Waals surface area contributed by atoms with Gasteiger partial charge in [-0.2, -0.15) is 0 Å². The molecule has 0 aliphatic carbocycles. The fraction of sp³-hybridized carbons (Fsp3) is 0.467. The summed E-state index contributed by atoms with van der Waals surface area (Å²) in [5, 5.41) is 10.8. The number of hydrogen-bond donors (Lipinski definition) is 0. The molecule has 1 atom stereocenters. The summed E-state index contributed by atoms with van der Waals surface area (Å²) in [6.45, 7) is 5.33. The fourth-order valence-corrected chi connectivity index (χ4v) is 2.34. The van der Waals surface area contributed by atoms with Crippen molar-refractivity contribution in [3.8, 4) is 11.5 Å². The van der Waals surface area contributed by atoms with Crippen molar-refractivity contribution in [1.82, 2.24) is 0 Å². The molecule has 0 N–H and O–H groups in total. The number of allylic oxidation sites excluding steroid dienone is 1. The number of nitro groups is 1. The van der Waals surface area contributed by atoms with Gasteiger partial charge in [0, 0.05) is 16.1 Å². The monoisotopic (exact) mass is 293 g/mol. The molecule has 1 aromatic carbocycles. The third kappa shape index (κ3) is 3.26. The normalized spacial score (nSPS) is 16.8. The van der Waals surface area contributed by atoms with Crippen molar-refractivity contribution in [2.24, 2.45) is 0 Å². The lowest BCUT2D eigenvalue weighted by Crippen LogP contribution is -2.20. The van der Waals surface area contributed by atoms with Gasteiger partial charge in [0.05, 0.1) is 19.0 Å². The maximum Gasteiger partial charge on any atom is 0.244 e. The quantitative estimate of drug-likeness (QED) is 0.616. The zero-order valence-corrected chi connectivity index (χ0v) is 12.6. The molecule has 2 rings (SSSR count). The molecule has 21 heavy (non-hydrogen) atoms. The molecule has 0 saturated heterocycles. The Kier molecular flexibility index (Phi) is 4.35. The van der Waals surface area contributed by atoms with E-state index < -0.39 is 6.10 Å². The second-order valence-electron chi connectivity index (χ2n) is 5.14. The van der Waals surface area contributed by atoms with Crippen LogP contribution < -0.4 is 9.47 Å². The Bertz CT molecular complexity index is 580. The van der Waals surface area contributed by atoms with Crippen LogP contribution in [0.1, 0.15) is 38.0 Å². The van der Waals surface area contributed by atoms with Gasteiger partial charge in [0.15, 0.2) is 17.6 Å². The van der Waals surface area contributed by atoms with Crippen LogP contribution in [0.5, 0.6) is 11.5 Å². The van der Waals surface area contributed by atoms with E-state index in [4.69, 9.17) is 14.2 Å². The van der Waals surface area contributed by atoms with E-state index in [1.165, 1.54) is 0 Å². The molecule has 0 aromatic heterocycles. The molecule has 0 radical (unpaired) electrons. The Balaban J connectivity index is 2.54. The molecule has 0 amide bonds. The molecule has 1 heterocycles. The summed E-state index contributed by atoms with van der Waals surface area (Å²) in [5.41, 5.74) is 1.53. The SMILES string of the molecule is COc1ccc2c(c1OC(C)C)C=C(C)OC2C[N+](=O)[O-]. The maximum absolute atomic E-state index is 10.8. The van der Waals surface area contributed by atoms with Gasteiger partial charge < -0.3 is 14.2 Å². The lowest BCUT2D eigenvalue weighted by Gasteiger charge is -2.26. The van der Waals surface area contributed by atoms with E-state index in [-0.39, 0.29) is 17.6 Å². The van der Waals surface area contributed by atoms with Gasteiger partial charge in [-0.3, -0.25) is 10.1 Å². The highest BCUT2D eigenvalue weighted by atomic mass is 16.6. The summed E-state index contributed by atoms with van der Waals surface area (Å²) < 4.78 is 16.8. The first-order valence-corrected chi connectivity index (χ1v) is 6.76. The van der Waals surface area contributed by atoms with Crippen LogP contribution in [-0.2, 0) is 4.74 Å². The molecule has 6 heteroatoms. The molecular formula is C15H19NO5. The maximum atomic E-state index is 10.8. The van der Waals surface area contributed by atoms with Crippen molar-refractivity contribution in [2.75, 3.05) is 13.7 Å². The van der Waals surface area contributed by atoms with Crippen molar-refractivity contribution in [3.05, 3.63) is 39.1 Å². The van der Waals surface area contributed by atoms with E-state index in [1.54, 1.807) is 26.2 Å². The van der Waals surface area contributed by atoms with Gasteiger partial charge in [-0.1, -0.05) is 6.07 Å². The Morgan fingerprint density at radius 3 is 2.71 bits per heavy atom. The summed E-state index contributed by atoms with van der Waals surface area (Å²) in [5.74, 6) is 1.82. The third-order valence-corrected chi connectivity index (χ3v) is 3.10. The van der Waals surface area contributed by atoms with Gasteiger partial charge in [-0.25, -0.2) is 0 Å². The lowest BCUT2D eigenvalue weighted by molar-refractivity contribution is -0.491. The van der Waals surface area contributed by atoms with Gasteiger partial charge in [0.1, 0.15) is 0 Å². The molecule has 6 nitrogen and oxygen atoms in total. The van der Waals surface area contributed by atoms with E-state index in [9.17, 15) is 10.1 Å². The predicted molar refractivity (Wildman–Crippen MR) is 78.1 cm³/mol. The number of ether oxygens (including phenoxy) is 3. The number of nitrogens with zero attached hydrogens (tertiary/aromatic N) is 1. The van der Waals surface area contributed by atoms with Crippen molar-refractivity contribution < 1.29 is 19.1 Å². The van der Waals surface area contributed by atoms with Crippen molar-refractivity contribution in [2.45, 2.75) is 33.0 Å². The molecule has 0 saturated carbocycles. The van der Waals surface area contributed by atoms with Crippen LogP contribution in [-0.4, -0.2) is 24.7 Å². The minimum atomic E-state index is -0.611. The second kappa shape index (κ2) is 6.03. The van der Waals surface area contributed by atoms with E-state index in [0.29, 0.717) is 17.3 Å². The zero-order chi connectivity index (χ0) is 15.6. The number of fused-ring (bicyclic) bond motifs is 1. The molecule has 0 bridgehead atoms. The zero-order valence-electron chi connectivity index (χ0n) is 12.6. The minimum absolute atomic E-state index is 0.0316. The third-order valence-electron chi connectivity index (χ3n) is 3.10. The van der Waals surface area contributed by atoms with Gasteiger partial charge >= 0.3 is 0 Å². The Morgan fingerprint density at radius 1 is 1.43 bits per heavy atom. The smallest absolute Gasteiger partial charge is 0.244 e. The van der Waals surface area contributed by atoms with E-state index >= 15 is 0 Å². The number of hydrogen-bond acceptors (Lipinski definition) is 5. The van der Waals surface area contributed by atoms with Crippen LogP contribution in [0.25, 0.3) is 6.08 Å². The topological polar surface area (TPSA) is 70.8 Å². The largest absolute Gasteiger partial charge is 0.493 e. The average Bonchev–Trinajstić information content (AvgIpc) is 2.38. The molecule has 1 aliphatic heterocycles. The lowest BCUT2D eigenvalue weighted by atomic mass is 9.97. The highest BCUT2D eigenvalue weighted by molar-refractivity contribution is 5.68. The number of rotatable bonds is 5. The molecule has 1 aromatic rings. The average molecular weight is 293 g/mol. The van der Waals surface area contributed by atoms with Gasteiger partial charge in [-0.15, -0.1) is 0 Å². The van der Waals surface area contributed by atoms with Crippen molar-refractivity contribution in [3.63, 3.8) is 0 Å². The fourth-order valence-electron chi connectivity index (χ4n) is 2.34. The van der Waals surface area contributed by atoms with Crippen molar-refractivity contribution >= 4 is 6.08 Å². The van der Waals surface area contributed by atoms with E-state index in [0.717, 1.165) is 11.1 Å². The van der Waals surface area contributed by atoms with Gasteiger partial charge in [-0.05, 0) is 32.9 Å². The van der Waals surface area contributed by atoms with Crippen LogP contribution in [0.4, 0.5) is 0 Å². The Hall–Kier alpha value is -2.24. The summed E-state index contributed by atoms with van der Waals surface area (Å²) >= 11 is 0. The molecular weight excluding hydrogens is 274 g/mol. The first-order valence-electron chi connectivity index (χ1n) is 6.76. The van der Waals surface area contributed by atoms with Crippen LogP contribution >= 0.6 is 0 Å². The van der Waals surface area contributed by atoms with Crippen LogP contribution in [0, 0.1) is 10.1 Å². The molecule has 0 fully saturated rings. The standard InChI is InChI=1S/C15H19NO5/c1-9(2)20-15-12-7-10(3)21-14(8-16(17)18)11(12)5-6-13(15)19-4/h5-7,9,14H,8H2,1-4H3. The first-order chi connectivity index (χ1) is 9.92. The van der Waals surface area contributed by atoms with E-state index in [1.807, 2.05) is 19.9 Å². The van der Waals surface area contributed by atoms with Crippen LogP contribution in [0.15, 0.2) is 17.9 Å². The Morgan fingerprint density at radius 2 is 2.14 bits per heavy atom. The summed E-state index contributed by atoms with van der Waals surface area (Å²) in [6.07, 6.45) is 1.18. The van der Waals surface area contributed by atoms with Crippen LogP contribution in [0.3, 0.4) is 0 Å². The number of methoxy groups -OCH3 is 1. The molecule has 1 unspecified atom stereocenters. The van der Waals surface area contributed by atoms with Gasteiger partial charge in [0.2, 0.25) is 6.54 Å². The molecule has 1 aliphatic rings. The van der Waals surface area contributed by atoms with E-state index in [2.05, 4.69) is 0 Å². The Labute approximate surface area is 123 Å². The first kappa shape index (κ1) is 15.2. The number of benzene rings is 1. The molecule has 114 valence electrons. The highest BCUT2D eigenvalue weighted by Crippen LogP contribution is 2.42. The summed E-state index contributed by atoms with van der Waals surface area (Å²) in [7, 11) is 1.57.